The molecule has 10 heteroatoms. The van der Waals surface area contributed by atoms with Crippen LogP contribution >= 0.6 is 7.82 Å². The quantitative estimate of drug-likeness (QED) is 0.296. The zero-order chi connectivity index (χ0) is 12.6. The number of phosphoric ester groups is 1. The molecule has 0 aliphatic carbocycles. The highest BCUT2D eigenvalue weighted by Gasteiger charge is 2.53. The van der Waals surface area contributed by atoms with E-state index in [9.17, 15) is 14.8 Å². The molecule has 0 aromatic heterocycles. The van der Waals surface area contributed by atoms with Gasteiger partial charge < -0.3 is 34.9 Å². The van der Waals surface area contributed by atoms with E-state index in [1.807, 2.05) is 0 Å². The first kappa shape index (κ1) is 14.0. The first-order valence-corrected chi connectivity index (χ1v) is 5.82. The SMILES string of the molecule is O=P(O)(O)O[C@@]1(CO)OC(O)C[C@H](O)[C@@H]1O. The number of hydrogen-bond donors (Lipinski definition) is 6. The van der Waals surface area contributed by atoms with Gasteiger partial charge in [-0.2, -0.15) is 0 Å². The Bertz CT molecular complexity index is 290. The Labute approximate surface area is 90.1 Å². The third kappa shape index (κ3) is 2.98. The van der Waals surface area contributed by atoms with E-state index in [-0.39, 0.29) is 6.42 Å². The number of aliphatic hydroxyl groups is 4. The lowest BCUT2D eigenvalue weighted by atomic mass is 9.99. The molecule has 1 fully saturated rings. The van der Waals surface area contributed by atoms with Crippen LogP contribution in [0.2, 0.25) is 0 Å². The Morgan fingerprint density at radius 3 is 2.38 bits per heavy atom. The van der Waals surface area contributed by atoms with Crippen molar-refractivity contribution in [2.45, 2.75) is 30.7 Å². The lowest BCUT2D eigenvalue weighted by molar-refractivity contribution is -0.357. The second-order valence-corrected chi connectivity index (χ2v) is 4.54. The monoisotopic (exact) mass is 260 g/mol. The van der Waals surface area contributed by atoms with Crippen molar-refractivity contribution in [3.63, 3.8) is 0 Å². The minimum Gasteiger partial charge on any atom is -0.391 e. The zero-order valence-corrected chi connectivity index (χ0v) is 8.90. The van der Waals surface area contributed by atoms with E-state index < -0.39 is 38.7 Å². The van der Waals surface area contributed by atoms with Crippen molar-refractivity contribution in [1.29, 1.82) is 0 Å². The molecule has 4 atom stereocenters. The molecule has 1 heterocycles. The molecule has 0 radical (unpaired) electrons. The maximum Gasteiger partial charge on any atom is 0.472 e. The zero-order valence-electron chi connectivity index (χ0n) is 8.00. The summed E-state index contributed by atoms with van der Waals surface area (Å²) in [4.78, 5) is 17.2. The Kier molecular flexibility index (Phi) is 4.06. The Morgan fingerprint density at radius 2 is 1.94 bits per heavy atom. The highest BCUT2D eigenvalue weighted by atomic mass is 31.2. The third-order valence-electron chi connectivity index (χ3n) is 2.09. The summed E-state index contributed by atoms with van der Waals surface area (Å²) in [6.45, 7) is -1.15. The third-order valence-corrected chi connectivity index (χ3v) is 2.63. The summed E-state index contributed by atoms with van der Waals surface area (Å²) in [5.41, 5.74) is 0. The molecule has 0 spiro atoms. The van der Waals surface area contributed by atoms with Crippen LogP contribution in [0.3, 0.4) is 0 Å². The predicted molar refractivity (Wildman–Crippen MR) is 46.7 cm³/mol. The second-order valence-electron chi connectivity index (χ2n) is 3.37. The van der Waals surface area contributed by atoms with Gasteiger partial charge in [0.15, 0.2) is 6.29 Å². The van der Waals surface area contributed by atoms with Crippen LogP contribution in [0.4, 0.5) is 0 Å². The molecule has 1 aliphatic rings. The van der Waals surface area contributed by atoms with Crippen molar-refractivity contribution in [1.82, 2.24) is 0 Å². The molecule has 0 saturated carbocycles. The first-order valence-electron chi connectivity index (χ1n) is 4.29. The van der Waals surface area contributed by atoms with E-state index in [0.29, 0.717) is 0 Å². The van der Waals surface area contributed by atoms with Crippen LogP contribution in [0.5, 0.6) is 0 Å². The highest BCUT2D eigenvalue weighted by Crippen LogP contribution is 2.45. The van der Waals surface area contributed by atoms with Crippen LogP contribution in [0.15, 0.2) is 0 Å². The maximum atomic E-state index is 10.6. The van der Waals surface area contributed by atoms with Crippen molar-refractivity contribution in [3.8, 4) is 0 Å². The van der Waals surface area contributed by atoms with E-state index in [1.54, 1.807) is 0 Å². The number of aliphatic hydroxyl groups excluding tert-OH is 4. The summed E-state index contributed by atoms with van der Waals surface area (Å²) in [6.07, 6.45) is -5.42. The summed E-state index contributed by atoms with van der Waals surface area (Å²) >= 11 is 0. The Balaban J connectivity index is 2.95. The molecule has 0 bridgehead atoms. The molecule has 9 nitrogen and oxygen atoms in total. The van der Waals surface area contributed by atoms with E-state index in [0.717, 1.165) is 0 Å². The van der Waals surface area contributed by atoms with Gasteiger partial charge >= 0.3 is 7.82 Å². The number of hydrogen-bond acceptors (Lipinski definition) is 7. The van der Waals surface area contributed by atoms with Gasteiger partial charge in [0.2, 0.25) is 5.79 Å². The van der Waals surface area contributed by atoms with Crippen LogP contribution in [-0.4, -0.2) is 61.1 Å². The van der Waals surface area contributed by atoms with Gasteiger partial charge in [0, 0.05) is 6.42 Å². The van der Waals surface area contributed by atoms with Gasteiger partial charge in [0.25, 0.3) is 0 Å². The largest absolute Gasteiger partial charge is 0.472 e. The van der Waals surface area contributed by atoms with E-state index in [2.05, 4.69) is 9.26 Å². The van der Waals surface area contributed by atoms with Gasteiger partial charge in [-0.15, -0.1) is 0 Å². The van der Waals surface area contributed by atoms with Crippen LogP contribution < -0.4 is 0 Å². The van der Waals surface area contributed by atoms with Gasteiger partial charge in [0.05, 0.1) is 6.10 Å². The normalized spacial score (nSPS) is 41.0. The van der Waals surface area contributed by atoms with Gasteiger partial charge in [-0.25, -0.2) is 9.09 Å². The van der Waals surface area contributed by atoms with Crippen LogP contribution in [0.1, 0.15) is 6.42 Å². The first-order chi connectivity index (χ1) is 7.20. The standard InChI is InChI=1S/C6H13O9P/c7-2-6(15-16(11,12)13)5(10)3(8)1-4(9)14-6/h3-5,7-10H,1-2H2,(H2,11,12,13)/t3-,4?,5-,6+/m0/s1. The van der Waals surface area contributed by atoms with Gasteiger partial charge in [-0.3, -0.25) is 0 Å². The molecule has 1 aliphatic heterocycles. The molecule has 6 N–H and O–H groups in total. The molecule has 0 aromatic carbocycles. The Hall–Kier alpha value is -0.0900. The Morgan fingerprint density at radius 1 is 1.38 bits per heavy atom. The van der Waals surface area contributed by atoms with Gasteiger partial charge in [-0.1, -0.05) is 0 Å². The molecule has 1 saturated heterocycles. The molecular weight excluding hydrogens is 247 g/mol. The van der Waals surface area contributed by atoms with E-state index in [4.69, 9.17) is 20.0 Å². The number of ether oxygens (including phenoxy) is 1. The van der Waals surface area contributed by atoms with Crippen molar-refractivity contribution in [2.24, 2.45) is 0 Å². The topological polar surface area (TPSA) is 157 Å². The van der Waals surface area contributed by atoms with Gasteiger partial charge in [0.1, 0.15) is 12.7 Å². The smallest absolute Gasteiger partial charge is 0.391 e. The molecule has 16 heavy (non-hydrogen) atoms. The fraction of sp³-hybridized carbons (Fsp3) is 1.00. The summed E-state index contributed by atoms with van der Waals surface area (Å²) in [5, 5.41) is 36.8. The average molecular weight is 260 g/mol. The predicted octanol–water partition coefficient (Wildman–Crippen LogP) is -2.76. The highest BCUT2D eigenvalue weighted by molar-refractivity contribution is 7.46. The fourth-order valence-electron chi connectivity index (χ4n) is 1.41. The maximum absolute atomic E-state index is 10.6. The van der Waals surface area contributed by atoms with E-state index >= 15 is 0 Å². The molecule has 1 rings (SSSR count). The lowest BCUT2D eigenvalue weighted by Crippen LogP contribution is -2.61. The van der Waals surface area contributed by atoms with Crippen LogP contribution in [-0.2, 0) is 13.8 Å². The van der Waals surface area contributed by atoms with Gasteiger partial charge in [-0.05, 0) is 0 Å². The van der Waals surface area contributed by atoms with Crippen LogP contribution in [0.25, 0.3) is 0 Å². The van der Waals surface area contributed by atoms with Crippen molar-refractivity contribution in [2.75, 3.05) is 6.61 Å². The molecule has 96 valence electrons. The summed E-state index contributed by atoms with van der Waals surface area (Å²) in [6, 6.07) is 0. The number of phosphoric acid groups is 1. The van der Waals surface area contributed by atoms with Crippen molar-refractivity contribution < 1.29 is 44.0 Å². The summed E-state index contributed by atoms with van der Waals surface area (Å²) in [5.74, 6) is -2.55. The van der Waals surface area contributed by atoms with Crippen molar-refractivity contribution >= 4 is 7.82 Å². The minimum atomic E-state index is -5.07. The van der Waals surface area contributed by atoms with Crippen molar-refractivity contribution in [3.05, 3.63) is 0 Å². The van der Waals surface area contributed by atoms with Crippen LogP contribution in [0, 0.1) is 0 Å². The fourth-order valence-corrected chi connectivity index (χ4v) is 2.02. The minimum absolute atomic E-state index is 0.368. The molecule has 0 amide bonds. The summed E-state index contributed by atoms with van der Waals surface area (Å²) < 4.78 is 19.3. The molecule has 1 unspecified atom stereocenters. The number of rotatable bonds is 3. The lowest BCUT2D eigenvalue weighted by Gasteiger charge is -2.43. The second kappa shape index (κ2) is 4.65. The molecule has 0 aromatic rings. The average Bonchev–Trinajstić information content (AvgIpc) is 2.11. The molecular formula is C6H13O9P. The summed E-state index contributed by atoms with van der Waals surface area (Å²) in [7, 11) is -5.07. The van der Waals surface area contributed by atoms with E-state index in [1.165, 1.54) is 0 Å².